The Kier molecular flexibility index (Phi) is 2.99. The van der Waals surface area contributed by atoms with Crippen molar-refractivity contribution in [3.05, 3.63) is 22.8 Å². The van der Waals surface area contributed by atoms with Gasteiger partial charge in [-0.3, -0.25) is 4.79 Å². The summed E-state index contributed by atoms with van der Waals surface area (Å²) in [6.07, 6.45) is 4.13. The van der Waals surface area contributed by atoms with E-state index in [1.54, 1.807) is 0 Å². The van der Waals surface area contributed by atoms with E-state index in [4.69, 9.17) is 0 Å². The molecule has 0 radical (unpaired) electrons. The monoisotopic (exact) mass is 248 g/mol. The number of nitrogens with zero attached hydrogens (tertiary/aromatic N) is 2. The number of rotatable bonds is 1. The Bertz CT molecular complexity index is 431. The Hall–Kier alpha value is -1.13. The second kappa shape index (κ2) is 4.52. The minimum atomic E-state index is -0.311. The molecule has 98 valence electrons. The summed E-state index contributed by atoms with van der Waals surface area (Å²) in [4.78, 5) is 16.6. The topological polar surface area (TPSA) is 43.8 Å². The van der Waals surface area contributed by atoms with Crippen LogP contribution in [-0.2, 0) is 4.79 Å². The van der Waals surface area contributed by atoms with E-state index in [9.17, 15) is 9.90 Å². The second-order valence-corrected chi connectivity index (χ2v) is 5.55. The molecule has 0 aromatic rings. The lowest BCUT2D eigenvalue weighted by Gasteiger charge is -2.32. The van der Waals surface area contributed by atoms with Gasteiger partial charge in [-0.2, -0.15) is 0 Å². The molecule has 18 heavy (non-hydrogen) atoms. The third-order valence-corrected chi connectivity index (χ3v) is 4.30. The SMILES string of the molecule is CN1CCN(C(=O)C2=CC3=C(C2)C(O)CC3)CC1. The van der Waals surface area contributed by atoms with E-state index < -0.39 is 0 Å². The molecule has 0 spiro atoms. The number of piperazine rings is 1. The van der Waals surface area contributed by atoms with Crippen molar-refractivity contribution in [3.8, 4) is 0 Å². The van der Waals surface area contributed by atoms with Crippen LogP contribution in [0.25, 0.3) is 0 Å². The van der Waals surface area contributed by atoms with Crippen LogP contribution in [0.2, 0.25) is 0 Å². The van der Waals surface area contributed by atoms with Gasteiger partial charge in [0.25, 0.3) is 0 Å². The van der Waals surface area contributed by atoms with Gasteiger partial charge >= 0.3 is 0 Å². The van der Waals surface area contributed by atoms with Crippen LogP contribution in [0.4, 0.5) is 0 Å². The zero-order chi connectivity index (χ0) is 12.7. The van der Waals surface area contributed by atoms with Gasteiger partial charge in [0.15, 0.2) is 0 Å². The minimum absolute atomic E-state index is 0.171. The predicted octanol–water partition coefficient (Wildman–Crippen LogP) is 0.542. The number of aliphatic hydroxyl groups is 1. The number of aliphatic hydroxyl groups excluding tert-OH is 1. The summed E-state index contributed by atoms with van der Waals surface area (Å²) >= 11 is 0. The normalized spacial score (nSPS) is 28.7. The van der Waals surface area contributed by atoms with Gasteiger partial charge in [-0.25, -0.2) is 0 Å². The highest BCUT2D eigenvalue weighted by molar-refractivity contribution is 5.95. The molecule has 1 aliphatic heterocycles. The maximum atomic E-state index is 12.4. The minimum Gasteiger partial charge on any atom is -0.389 e. The van der Waals surface area contributed by atoms with E-state index in [1.165, 1.54) is 5.57 Å². The lowest BCUT2D eigenvalue weighted by molar-refractivity contribution is -0.128. The fourth-order valence-electron chi connectivity index (χ4n) is 3.05. The molecule has 0 aromatic carbocycles. The van der Waals surface area contributed by atoms with Crippen LogP contribution in [0.15, 0.2) is 22.8 Å². The van der Waals surface area contributed by atoms with Crippen LogP contribution in [0.5, 0.6) is 0 Å². The molecule has 1 heterocycles. The Morgan fingerprint density at radius 3 is 2.72 bits per heavy atom. The van der Waals surface area contributed by atoms with E-state index in [-0.39, 0.29) is 12.0 Å². The van der Waals surface area contributed by atoms with Crippen LogP contribution >= 0.6 is 0 Å². The number of carbonyl (C=O) groups is 1. The third kappa shape index (κ3) is 1.99. The summed E-state index contributed by atoms with van der Waals surface area (Å²) in [6, 6.07) is 0. The zero-order valence-electron chi connectivity index (χ0n) is 10.9. The van der Waals surface area contributed by atoms with Gasteiger partial charge in [-0.05, 0) is 37.1 Å². The number of hydrogen-bond donors (Lipinski definition) is 1. The fraction of sp³-hybridized carbons (Fsp3) is 0.643. The summed E-state index contributed by atoms with van der Waals surface area (Å²) in [6.45, 7) is 3.55. The van der Waals surface area contributed by atoms with Gasteiger partial charge in [0.1, 0.15) is 0 Å². The first-order valence-corrected chi connectivity index (χ1v) is 6.73. The number of hydrogen-bond acceptors (Lipinski definition) is 3. The van der Waals surface area contributed by atoms with Crippen LogP contribution in [-0.4, -0.2) is 60.1 Å². The number of likely N-dealkylation sites (N-methyl/N-ethyl adjacent to an activating group) is 1. The van der Waals surface area contributed by atoms with Gasteiger partial charge in [0.2, 0.25) is 5.91 Å². The lowest BCUT2D eigenvalue weighted by Crippen LogP contribution is -2.47. The number of allylic oxidation sites excluding steroid dienone is 2. The molecule has 1 amide bonds. The average molecular weight is 248 g/mol. The molecule has 3 aliphatic rings. The molecule has 1 unspecified atom stereocenters. The standard InChI is InChI=1S/C14H20N2O2/c1-15-4-6-16(7-5-15)14(18)11-8-10-2-3-13(17)12(10)9-11/h8,13,17H,2-7,9H2,1H3. The zero-order valence-corrected chi connectivity index (χ0v) is 10.9. The lowest BCUT2D eigenvalue weighted by atomic mass is 10.1. The van der Waals surface area contributed by atoms with Gasteiger partial charge in [-0.1, -0.05) is 0 Å². The van der Waals surface area contributed by atoms with Crippen LogP contribution in [0.3, 0.4) is 0 Å². The molecule has 0 saturated carbocycles. The first-order chi connectivity index (χ1) is 8.65. The summed E-state index contributed by atoms with van der Waals surface area (Å²) < 4.78 is 0. The predicted molar refractivity (Wildman–Crippen MR) is 69.0 cm³/mol. The summed E-state index contributed by atoms with van der Waals surface area (Å²) in [7, 11) is 2.09. The molecule has 0 aromatic heterocycles. The quantitative estimate of drug-likeness (QED) is 0.736. The van der Waals surface area contributed by atoms with Crippen molar-refractivity contribution in [2.75, 3.05) is 33.2 Å². The van der Waals surface area contributed by atoms with Gasteiger partial charge in [-0.15, -0.1) is 0 Å². The van der Waals surface area contributed by atoms with Gasteiger partial charge in [0, 0.05) is 38.2 Å². The number of amides is 1. The van der Waals surface area contributed by atoms with Crippen molar-refractivity contribution >= 4 is 5.91 Å². The van der Waals surface area contributed by atoms with Gasteiger partial charge in [0.05, 0.1) is 6.10 Å². The van der Waals surface area contributed by atoms with Crippen LogP contribution in [0.1, 0.15) is 19.3 Å². The molecule has 2 aliphatic carbocycles. The Morgan fingerprint density at radius 1 is 1.33 bits per heavy atom. The fourth-order valence-corrected chi connectivity index (χ4v) is 3.05. The van der Waals surface area contributed by atoms with Crippen molar-refractivity contribution < 1.29 is 9.90 Å². The van der Waals surface area contributed by atoms with Crippen molar-refractivity contribution in [1.82, 2.24) is 9.80 Å². The highest BCUT2D eigenvalue weighted by atomic mass is 16.3. The second-order valence-electron chi connectivity index (χ2n) is 5.55. The largest absolute Gasteiger partial charge is 0.389 e. The number of carbonyl (C=O) groups excluding carboxylic acids is 1. The Morgan fingerprint density at radius 2 is 2.06 bits per heavy atom. The van der Waals surface area contributed by atoms with E-state index in [1.807, 2.05) is 11.0 Å². The summed E-state index contributed by atoms with van der Waals surface area (Å²) in [5.74, 6) is 0.171. The van der Waals surface area contributed by atoms with Crippen molar-refractivity contribution in [2.45, 2.75) is 25.4 Å². The third-order valence-electron chi connectivity index (χ3n) is 4.30. The highest BCUT2D eigenvalue weighted by Gasteiger charge is 2.32. The first-order valence-electron chi connectivity index (χ1n) is 6.73. The van der Waals surface area contributed by atoms with E-state index >= 15 is 0 Å². The maximum absolute atomic E-state index is 12.4. The Labute approximate surface area is 108 Å². The highest BCUT2D eigenvalue weighted by Crippen LogP contribution is 2.38. The molecule has 1 atom stereocenters. The first kappa shape index (κ1) is 11.9. The molecular weight excluding hydrogens is 228 g/mol. The summed E-state index contributed by atoms with van der Waals surface area (Å²) in [5.41, 5.74) is 3.18. The molecule has 0 bridgehead atoms. The molecule has 4 nitrogen and oxygen atoms in total. The van der Waals surface area contributed by atoms with E-state index in [0.717, 1.165) is 50.2 Å². The van der Waals surface area contributed by atoms with Crippen molar-refractivity contribution in [3.63, 3.8) is 0 Å². The molecule has 1 N–H and O–H groups in total. The van der Waals surface area contributed by atoms with Crippen LogP contribution in [0, 0.1) is 0 Å². The van der Waals surface area contributed by atoms with E-state index in [2.05, 4.69) is 11.9 Å². The smallest absolute Gasteiger partial charge is 0.250 e. The maximum Gasteiger partial charge on any atom is 0.250 e. The molecule has 1 fully saturated rings. The molecule has 4 heteroatoms. The van der Waals surface area contributed by atoms with Crippen molar-refractivity contribution in [2.24, 2.45) is 0 Å². The van der Waals surface area contributed by atoms with Crippen molar-refractivity contribution in [1.29, 1.82) is 0 Å². The molecular formula is C14H20N2O2. The van der Waals surface area contributed by atoms with E-state index in [0.29, 0.717) is 6.42 Å². The van der Waals surface area contributed by atoms with Gasteiger partial charge < -0.3 is 14.9 Å². The summed E-state index contributed by atoms with van der Waals surface area (Å²) in [5, 5.41) is 9.82. The average Bonchev–Trinajstić information content (AvgIpc) is 2.92. The Balaban J connectivity index is 1.65. The van der Waals surface area contributed by atoms with Crippen LogP contribution < -0.4 is 0 Å². The molecule has 3 rings (SSSR count). The molecule has 1 saturated heterocycles.